The number of fused-ring (bicyclic) bond motifs is 1. The number of hydrogen-bond acceptors (Lipinski definition) is 4. The lowest BCUT2D eigenvalue weighted by atomic mass is 9.81. The minimum Gasteiger partial charge on any atom is -0.489 e. The Balaban J connectivity index is 1.80. The van der Waals surface area contributed by atoms with E-state index in [9.17, 15) is 5.11 Å². The quantitative estimate of drug-likeness (QED) is 0.920. The van der Waals surface area contributed by atoms with Gasteiger partial charge in [0.25, 0.3) is 0 Å². The highest BCUT2D eigenvalue weighted by atomic mass is 16.5. The van der Waals surface area contributed by atoms with E-state index in [0.29, 0.717) is 6.04 Å². The Morgan fingerprint density at radius 3 is 3.05 bits per heavy atom. The van der Waals surface area contributed by atoms with E-state index in [1.165, 1.54) is 19.4 Å². The monoisotopic (exact) mass is 276 g/mol. The highest BCUT2D eigenvalue weighted by molar-refractivity contribution is 5.29. The van der Waals surface area contributed by atoms with Gasteiger partial charge in [0, 0.05) is 24.3 Å². The molecule has 2 saturated heterocycles. The molecule has 2 atom stereocenters. The van der Waals surface area contributed by atoms with Gasteiger partial charge in [0.1, 0.15) is 5.75 Å². The first kappa shape index (κ1) is 13.8. The Labute approximate surface area is 120 Å². The normalized spacial score (nSPS) is 30.5. The summed E-state index contributed by atoms with van der Waals surface area (Å²) in [6.45, 7) is 6.17. The van der Waals surface area contributed by atoms with Crippen LogP contribution in [0.25, 0.3) is 0 Å². The van der Waals surface area contributed by atoms with E-state index in [1.807, 2.05) is 19.9 Å². The fourth-order valence-corrected chi connectivity index (χ4v) is 3.51. The van der Waals surface area contributed by atoms with Crippen LogP contribution in [-0.4, -0.2) is 40.2 Å². The fraction of sp³-hybridized carbons (Fsp3) is 0.688. The van der Waals surface area contributed by atoms with Crippen LogP contribution >= 0.6 is 0 Å². The summed E-state index contributed by atoms with van der Waals surface area (Å²) < 4.78 is 5.69. The van der Waals surface area contributed by atoms with Gasteiger partial charge < -0.3 is 14.7 Å². The minimum atomic E-state index is -0.741. The maximum absolute atomic E-state index is 11.0. The van der Waals surface area contributed by atoms with Crippen LogP contribution in [0.2, 0.25) is 0 Å². The summed E-state index contributed by atoms with van der Waals surface area (Å²) in [7, 11) is 0. The fourth-order valence-electron chi connectivity index (χ4n) is 3.51. The van der Waals surface area contributed by atoms with E-state index in [-0.39, 0.29) is 6.10 Å². The van der Waals surface area contributed by atoms with Gasteiger partial charge in [-0.3, -0.25) is 4.98 Å². The molecule has 3 rings (SSSR count). The van der Waals surface area contributed by atoms with Crippen LogP contribution < -0.4 is 4.74 Å². The zero-order valence-electron chi connectivity index (χ0n) is 12.4. The lowest BCUT2D eigenvalue weighted by molar-refractivity contribution is -0.0413. The summed E-state index contributed by atoms with van der Waals surface area (Å²) in [5.74, 6) is 0.750. The SMILES string of the molecule is CC(C)Oc1cncc(C2(O)CCN3CCCC3C2)c1. The Morgan fingerprint density at radius 1 is 1.40 bits per heavy atom. The van der Waals surface area contributed by atoms with Crippen LogP contribution in [0.3, 0.4) is 0 Å². The first-order valence-corrected chi connectivity index (χ1v) is 7.65. The molecule has 0 radical (unpaired) electrons. The van der Waals surface area contributed by atoms with Crippen molar-refractivity contribution in [3.05, 3.63) is 24.0 Å². The van der Waals surface area contributed by atoms with E-state index >= 15 is 0 Å². The molecule has 4 nitrogen and oxygen atoms in total. The van der Waals surface area contributed by atoms with Crippen LogP contribution in [0.4, 0.5) is 0 Å². The van der Waals surface area contributed by atoms with Crippen LogP contribution in [0, 0.1) is 0 Å². The topological polar surface area (TPSA) is 45.6 Å². The highest BCUT2D eigenvalue weighted by Crippen LogP contribution is 2.39. The third-order valence-corrected chi connectivity index (χ3v) is 4.51. The zero-order chi connectivity index (χ0) is 14.2. The standard InChI is InChI=1S/C16H24N2O2/c1-12(2)20-15-8-13(10-17-11-15)16(19)5-7-18-6-3-4-14(18)9-16/h8,10-12,14,19H,3-7,9H2,1-2H3. The predicted molar refractivity (Wildman–Crippen MR) is 77.7 cm³/mol. The third-order valence-electron chi connectivity index (χ3n) is 4.51. The average Bonchev–Trinajstić information content (AvgIpc) is 2.85. The highest BCUT2D eigenvalue weighted by Gasteiger charge is 2.41. The summed E-state index contributed by atoms with van der Waals surface area (Å²) in [6.07, 6.45) is 7.71. The van der Waals surface area contributed by atoms with Gasteiger partial charge in [0.15, 0.2) is 0 Å². The molecule has 1 N–H and O–H groups in total. The maximum atomic E-state index is 11.0. The van der Waals surface area contributed by atoms with Crippen LogP contribution in [0.15, 0.2) is 18.5 Å². The number of ether oxygens (including phenoxy) is 1. The van der Waals surface area contributed by atoms with Gasteiger partial charge in [-0.15, -0.1) is 0 Å². The van der Waals surface area contributed by atoms with Crippen LogP contribution in [-0.2, 0) is 5.60 Å². The maximum Gasteiger partial charge on any atom is 0.138 e. The van der Waals surface area contributed by atoms with Crippen molar-refractivity contribution in [3.63, 3.8) is 0 Å². The lowest BCUT2D eigenvalue weighted by Crippen LogP contribution is -2.46. The second-order valence-corrected chi connectivity index (χ2v) is 6.39. The van der Waals surface area contributed by atoms with Gasteiger partial charge >= 0.3 is 0 Å². The van der Waals surface area contributed by atoms with Gasteiger partial charge in [-0.1, -0.05) is 0 Å². The average molecular weight is 276 g/mol. The molecule has 20 heavy (non-hydrogen) atoms. The van der Waals surface area contributed by atoms with Gasteiger partial charge in [0.05, 0.1) is 17.9 Å². The molecule has 0 aliphatic carbocycles. The molecule has 4 heteroatoms. The van der Waals surface area contributed by atoms with Gasteiger partial charge in [-0.2, -0.15) is 0 Å². The van der Waals surface area contributed by atoms with E-state index in [1.54, 1.807) is 12.4 Å². The molecule has 110 valence electrons. The van der Waals surface area contributed by atoms with Gasteiger partial charge in [-0.05, 0) is 52.1 Å². The summed E-state index contributed by atoms with van der Waals surface area (Å²) in [5, 5.41) is 11.0. The van der Waals surface area contributed by atoms with E-state index in [2.05, 4.69) is 9.88 Å². The van der Waals surface area contributed by atoms with Crippen LogP contribution in [0.1, 0.15) is 45.1 Å². The minimum absolute atomic E-state index is 0.123. The van der Waals surface area contributed by atoms with E-state index < -0.39 is 5.60 Å². The predicted octanol–water partition coefficient (Wildman–Crippen LogP) is 2.31. The lowest BCUT2D eigenvalue weighted by Gasteiger charge is -2.41. The van der Waals surface area contributed by atoms with Crippen molar-refractivity contribution in [2.75, 3.05) is 13.1 Å². The Kier molecular flexibility index (Phi) is 3.69. The van der Waals surface area contributed by atoms with Crippen molar-refractivity contribution in [2.45, 2.75) is 57.3 Å². The molecule has 2 aliphatic rings. The third kappa shape index (κ3) is 2.67. The molecule has 1 aromatic rings. The molecule has 2 aliphatic heterocycles. The molecule has 1 aromatic heterocycles. The van der Waals surface area contributed by atoms with Crippen molar-refractivity contribution in [2.24, 2.45) is 0 Å². The molecule has 0 bridgehead atoms. The number of hydrogen-bond donors (Lipinski definition) is 1. The first-order chi connectivity index (χ1) is 9.57. The number of rotatable bonds is 3. The molecule has 2 unspecified atom stereocenters. The van der Waals surface area contributed by atoms with Crippen molar-refractivity contribution in [3.8, 4) is 5.75 Å². The summed E-state index contributed by atoms with van der Waals surface area (Å²) in [5.41, 5.74) is 0.164. The molecule has 0 amide bonds. The first-order valence-electron chi connectivity index (χ1n) is 7.65. The van der Waals surface area contributed by atoms with Crippen molar-refractivity contribution >= 4 is 0 Å². The van der Waals surface area contributed by atoms with Crippen molar-refractivity contribution in [1.29, 1.82) is 0 Å². The molecule has 0 saturated carbocycles. The number of aromatic nitrogens is 1. The molecule has 3 heterocycles. The zero-order valence-corrected chi connectivity index (χ0v) is 12.4. The second kappa shape index (κ2) is 5.34. The Morgan fingerprint density at radius 2 is 2.25 bits per heavy atom. The summed E-state index contributed by atoms with van der Waals surface area (Å²) in [4.78, 5) is 6.76. The van der Waals surface area contributed by atoms with E-state index in [4.69, 9.17) is 4.74 Å². The number of nitrogens with zero attached hydrogens (tertiary/aromatic N) is 2. The molecular formula is C16H24N2O2. The molecule has 0 spiro atoms. The Bertz CT molecular complexity index is 477. The van der Waals surface area contributed by atoms with Crippen LogP contribution in [0.5, 0.6) is 5.75 Å². The smallest absolute Gasteiger partial charge is 0.138 e. The Hall–Kier alpha value is -1.13. The second-order valence-electron chi connectivity index (χ2n) is 6.39. The molecule has 2 fully saturated rings. The van der Waals surface area contributed by atoms with Crippen molar-refractivity contribution in [1.82, 2.24) is 9.88 Å². The van der Waals surface area contributed by atoms with Crippen molar-refractivity contribution < 1.29 is 9.84 Å². The summed E-state index contributed by atoms with van der Waals surface area (Å²) >= 11 is 0. The van der Waals surface area contributed by atoms with E-state index in [0.717, 1.165) is 30.7 Å². The van der Waals surface area contributed by atoms with Gasteiger partial charge in [0.2, 0.25) is 0 Å². The summed E-state index contributed by atoms with van der Waals surface area (Å²) in [6, 6.07) is 2.49. The number of piperidine rings is 1. The molecular weight excluding hydrogens is 252 g/mol. The largest absolute Gasteiger partial charge is 0.489 e. The molecule has 0 aromatic carbocycles. The van der Waals surface area contributed by atoms with Gasteiger partial charge in [-0.25, -0.2) is 0 Å². The number of aliphatic hydroxyl groups is 1. The number of pyridine rings is 1.